The van der Waals surface area contributed by atoms with Crippen LogP contribution in [-0.2, 0) is 14.3 Å². The summed E-state index contributed by atoms with van der Waals surface area (Å²) >= 11 is 0. The topological polar surface area (TPSA) is 70.4 Å². The minimum atomic E-state index is -0.637. The van der Waals surface area contributed by atoms with Crippen molar-refractivity contribution in [3.05, 3.63) is 29.6 Å². The van der Waals surface area contributed by atoms with Gasteiger partial charge in [0, 0.05) is 18.7 Å². The maximum Gasteiger partial charge on any atom is 0.311 e. The highest BCUT2D eigenvalue weighted by Crippen LogP contribution is 2.27. The second kappa shape index (κ2) is 5.06. The summed E-state index contributed by atoms with van der Waals surface area (Å²) < 4.78 is 17.8. The third-order valence-electron chi connectivity index (χ3n) is 3.04. The van der Waals surface area contributed by atoms with E-state index >= 15 is 0 Å². The Morgan fingerprint density at radius 3 is 2.95 bits per heavy atom. The summed E-state index contributed by atoms with van der Waals surface area (Å²) in [7, 11) is 1.27. The van der Waals surface area contributed by atoms with Gasteiger partial charge in [-0.1, -0.05) is 0 Å². The second-order valence-electron chi connectivity index (χ2n) is 4.20. The third-order valence-corrected chi connectivity index (χ3v) is 3.04. The zero-order valence-corrected chi connectivity index (χ0v) is 10.2. The van der Waals surface area contributed by atoms with E-state index < -0.39 is 17.7 Å². The van der Waals surface area contributed by atoms with Crippen molar-refractivity contribution < 1.29 is 18.7 Å². The highest BCUT2D eigenvalue weighted by molar-refractivity contribution is 5.99. The Morgan fingerprint density at radius 2 is 2.32 bits per heavy atom. The van der Waals surface area contributed by atoms with Crippen molar-refractivity contribution in [3.63, 3.8) is 0 Å². The molecule has 6 heteroatoms. The van der Waals surface area contributed by atoms with Gasteiger partial charge in [0.1, 0.15) is 11.9 Å². The van der Waals surface area contributed by atoms with E-state index in [0.717, 1.165) is 6.07 Å². The molecule has 19 heavy (non-hydrogen) atoms. The van der Waals surface area contributed by atoms with Crippen LogP contribution in [-0.4, -0.2) is 25.5 Å². The van der Waals surface area contributed by atoms with Gasteiger partial charge in [-0.3, -0.25) is 9.59 Å². The summed E-state index contributed by atoms with van der Waals surface area (Å²) in [6, 6.07) is 5.56. The normalized spacial score (nSPS) is 18.3. The van der Waals surface area contributed by atoms with Gasteiger partial charge >= 0.3 is 5.97 Å². The van der Waals surface area contributed by atoms with E-state index in [1.54, 1.807) is 6.07 Å². The number of carbonyl (C=O) groups is 2. The molecule has 1 aromatic rings. The highest BCUT2D eigenvalue weighted by atomic mass is 19.1. The zero-order chi connectivity index (χ0) is 14.0. The van der Waals surface area contributed by atoms with Gasteiger partial charge in [0.05, 0.1) is 18.6 Å². The maximum atomic E-state index is 13.2. The minimum Gasteiger partial charge on any atom is -0.469 e. The number of nitrogens with zero attached hydrogens (tertiary/aromatic N) is 2. The van der Waals surface area contributed by atoms with Crippen LogP contribution in [0.5, 0.6) is 0 Å². The van der Waals surface area contributed by atoms with Gasteiger partial charge in [0.25, 0.3) is 0 Å². The summed E-state index contributed by atoms with van der Waals surface area (Å²) in [6.07, 6.45) is 0.0614. The van der Waals surface area contributed by atoms with Crippen molar-refractivity contribution in [2.45, 2.75) is 6.42 Å². The van der Waals surface area contributed by atoms with Crippen LogP contribution in [0.3, 0.4) is 0 Å². The average Bonchev–Trinajstić information content (AvgIpc) is 2.80. The van der Waals surface area contributed by atoms with Crippen LogP contribution in [0, 0.1) is 23.1 Å². The van der Waals surface area contributed by atoms with Crippen molar-refractivity contribution in [2.75, 3.05) is 18.6 Å². The van der Waals surface area contributed by atoms with Crippen LogP contribution in [0.15, 0.2) is 18.2 Å². The molecule has 0 spiro atoms. The Hall–Kier alpha value is -2.42. The molecule has 1 heterocycles. The van der Waals surface area contributed by atoms with E-state index in [0.29, 0.717) is 5.69 Å². The van der Waals surface area contributed by atoms with E-state index in [2.05, 4.69) is 4.74 Å². The lowest BCUT2D eigenvalue weighted by Crippen LogP contribution is -2.26. The Balaban J connectivity index is 2.26. The van der Waals surface area contributed by atoms with Gasteiger partial charge in [-0.15, -0.1) is 0 Å². The number of hydrogen-bond acceptors (Lipinski definition) is 4. The molecule has 5 nitrogen and oxygen atoms in total. The van der Waals surface area contributed by atoms with Crippen LogP contribution in [0.2, 0.25) is 0 Å². The Morgan fingerprint density at radius 1 is 1.58 bits per heavy atom. The van der Waals surface area contributed by atoms with Crippen molar-refractivity contribution in [2.24, 2.45) is 5.92 Å². The molecule has 1 aliphatic heterocycles. The predicted octanol–water partition coefficient (Wildman–Crippen LogP) is 1.22. The van der Waals surface area contributed by atoms with Crippen LogP contribution >= 0.6 is 0 Å². The van der Waals surface area contributed by atoms with Crippen LogP contribution in [0.4, 0.5) is 10.1 Å². The van der Waals surface area contributed by atoms with Crippen molar-refractivity contribution in [1.29, 1.82) is 5.26 Å². The van der Waals surface area contributed by atoms with Crippen molar-refractivity contribution in [3.8, 4) is 6.07 Å². The van der Waals surface area contributed by atoms with Crippen molar-refractivity contribution >= 4 is 17.6 Å². The number of esters is 1. The molecule has 98 valence electrons. The van der Waals surface area contributed by atoms with E-state index in [4.69, 9.17) is 5.26 Å². The zero-order valence-electron chi connectivity index (χ0n) is 10.2. The molecule has 1 unspecified atom stereocenters. The molecule has 0 aliphatic carbocycles. The fourth-order valence-corrected chi connectivity index (χ4v) is 2.05. The molecule has 0 saturated carbocycles. The molecule has 1 fully saturated rings. The molecule has 1 saturated heterocycles. The SMILES string of the molecule is COC(=O)C1CC(=O)N(c2ccc(F)c(C#N)c2)C1. The number of ether oxygens (including phenoxy) is 1. The molecule has 0 bridgehead atoms. The Labute approximate surface area is 109 Å². The van der Waals surface area contributed by atoms with Crippen LogP contribution in [0.1, 0.15) is 12.0 Å². The minimum absolute atomic E-state index is 0.0614. The quantitative estimate of drug-likeness (QED) is 0.751. The lowest BCUT2D eigenvalue weighted by molar-refractivity contribution is -0.145. The number of carbonyl (C=O) groups excluding carboxylic acids is 2. The van der Waals surface area contributed by atoms with E-state index in [1.807, 2.05) is 0 Å². The first kappa shape index (κ1) is 13.0. The summed E-state index contributed by atoms with van der Waals surface area (Å²) in [5.41, 5.74) is 0.279. The lowest BCUT2D eigenvalue weighted by atomic mass is 10.1. The van der Waals surface area contributed by atoms with Gasteiger partial charge in [-0.2, -0.15) is 5.26 Å². The van der Waals surface area contributed by atoms with Crippen LogP contribution in [0.25, 0.3) is 0 Å². The fraction of sp³-hybridized carbons (Fsp3) is 0.308. The second-order valence-corrected chi connectivity index (χ2v) is 4.20. The molecule has 0 N–H and O–H groups in total. The number of amides is 1. The van der Waals surface area contributed by atoms with E-state index in [-0.39, 0.29) is 24.4 Å². The molecule has 0 radical (unpaired) electrons. The maximum absolute atomic E-state index is 13.2. The Bertz CT molecular complexity index is 580. The number of benzene rings is 1. The fourth-order valence-electron chi connectivity index (χ4n) is 2.05. The van der Waals surface area contributed by atoms with E-state index in [1.165, 1.54) is 24.1 Å². The average molecular weight is 262 g/mol. The largest absolute Gasteiger partial charge is 0.469 e. The molecule has 1 aliphatic rings. The lowest BCUT2D eigenvalue weighted by Gasteiger charge is -2.16. The first-order chi connectivity index (χ1) is 9.06. The Kier molecular flexibility index (Phi) is 3.47. The molecule has 0 aromatic heterocycles. The van der Waals surface area contributed by atoms with Crippen LogP contribution < -0.4 is 4.90 Å². The number of hydrogen-bond donors (Lipinski definition) is 0. The molecular formula is C13H11FN2O3. The highest BCUT2D eigenvalue weighted by Gasteiger charge is 2.35. The van der Waals surface area contributed by atoms with Gasteiger partial charge in [0.2, 0.25) is 5.91 Å². The first-order valence-electron chi connectivity index (χ1n) is 5.64. The summed E-state index contributed by atoms with van der Waals surface area (Å²) in [6.45, 7) is 0.183. The smallest absolute Gasteiger partial charge is 0.311 e. The number of nitriles is 1. The number of rotatable bonds is 2. The third kappa shape index (κ3) is 2.40. The molecule has 1 aromatic carbocycles. The predicted molar refractivity (Wildman–Crippen MR) is 63.6 cm³/mol. The molecule has 1 amide bonds. The van der Waals surface area contributed by atoms with Gasteiger partial charge in [-0.25, -0.2) is 4.39 Å². The standard InChI is InChI=1S/C13H11FN2O3/c1-19-13(18)9-5-12(17)16(7-9)10-2-3-11(14)8(4-10)6-15/h2-4,9H,5,7H2,1H3. The molecular weight excluding hydrogens is 251 g/mol. The number of methoxy groups -OCH3 is 1. The summed E-state index contributed by atoms with van der Waals surface area (Å²) in [4.78, 5) is 24.6. The monoisotopic (exact) mass is 262 g/mol. The van der Waals surface area contributed by atoms with E-state index in [9.17, 15) is 14.0 Å². The first-order valence-corrected chi connectivity index (χ1v) is 5.64. The molecule has 1 atom stereocenters. The molecule has 2 rings (SSSR count). The van der Waals surface area contributed by atoms with Crippen molar-refractivity contribution in [1.82, 2.24) is 0 Å². The summed E-state index contributed by atoms with van der Waals surface area (Å²) in [5, 5.41) is 8.76. The number of halogens is 1. The number of anilines is 1. The van der Waals surface area contributed by atoms with Gasteiger partial charge in [-0.05, 0) is 18.2 Å². The summed E-state index contributed by atoms with van der Waals surface area (Å²) in [5.74, 6) is -1.85. The van der Waals surface area contributed by atoms with Gasteiger partial charge < -0.3 is 9.64 Å². The van der Waals surface area contributed by atoms with Gasteiger partial charge in [0.15, 0.2) is 0 Å².